The molecule has 1 saturated heterocycles. The van der Waals surface area contributed by atoms with Crippen molar-refractivity contribution in [3.8, 4) is 11.4 Å². The minimum absolute atomic E-state index is 0.228. The lowest BCUT2D eigenvalue weighted by molar-refractivity contribution is 0.00755. The van der Waals surface area contributed by atoms with Gasteiger partial charge in [-0.2, -0.15) is 4.98 Å². The van der Waals surface area contributed by atoms with Gasteiger partial charge in [-0.3, -0.25) is 0 Å². The molecule has 2 heterocycles. The molecule has 1 aromatic carbocycles. The molecule has 0 amide bonds. The van der Waals surface area contributed by atoms with Gasteiger partial charge in [0.15, 0.2) is 0 Å². The predicted octanol–water partition coefficient (Wildman–Crippen LogP) is 2.30. The molecule has 0 bridgehead atoms. The molecule has 1 atom stereocenters. The van der Waals surface area contributed by atoms with Crippen molar-refractivity contribution in [1.82, 2.24) is 15.5 Å². The number of benzene rings is 1. The molecule has 1 aromatic heterocycles. The first kappa shape index (κ1) is 12.7. The first-order chi connectivity index (χ1) is 9.24. The number of halogens is 2. The Morgan fingerprint density at radius 2 is 2.32 bits per heavy atom. The van der Waals surface area contributed by atoms with E-state index in [4.69, 9.17) is 9.26 Å². The number of nitrogens with one attached hydrogen (secondary N) is 1. The number of hydrogen-bond acceptors (Lipinski definition) is 5. The van der Waals surface area contributed by atoms with Gasteiger partial charge in [0.25, 0.3) is 5.89 Å². The van der Waals surface area contributed by atoms with Crippen LogP contribution in [0.15, 0.2) is 27.2 Å². The van der Waals surface area contributed by atoms with Crippen LogP contribution in [-0.4, -0.2) is 29.8 Å². The molecule has 100 valence electrons. The summed E-state index contributed by atoms with van der Waals surface area (Å²) in [6.07, 6.45) is -0.228. The van der Waals surface area contributed by atoms with Crippen LogP contribution in [0.3, 0.4) is 0 Å². The molecule has 0 radical (unpaired) electrons. The van der Waals surface area contributed by atoms with Crippen LogP contribution in [0.4, 0.5) is 4.39 Å². The van der Waals surface area contributed by atoms with Crippen molar-refractivity contribution < 1.29 is 13.7 Å². The molecule has 1 N–H and O–H groups in total. The van der Waals surface area contributed by atoms with Crippen LogP contribution >= 0.6 is 15.9 Å². The van der Waals surface area contributed by atoms with E-state index in [1.807, 2.05) is 0 Å². The zero-order valence-electron chi connectivity index (χ0n) is 9.90. The Kier molecular flexibility index (Phi) is 3.58. The van der Waals surface area contributed by atoms with E-state index in [1.54, 1.807) is 6.07 Å². The summed E-state index contributed by atoms with van der Waals surface area (Å²) in [6.45, 7) is 2.08. The van der Waals surface area contributed by atoms with Gasteiger partial charge >= 0.3 is 0 Å². The molecule has 5 nitrogen and oxygen atoms in total. The van der Waals surface area contributed by atoms with E-state index in [9.17, 15) is 4.39 Å². The first-order valence-corrected chi connectivity index (χ1v) is 6.64. The summed E-state index contributed by atoms with van der Waals surface area (Å²) < 4.78 is 24.4. The van der Waals surface area contributed by atoms with E-state index in [1.165, 1.54) is 12.1 Å². The fraction of sp³-hybridized carbons (Fsp3) is 0.333. The Bertz CT molecular complexity index is 584. The second-order valence-corrected chi connectivity index (χ2v) is 5.00. The molecule has 0 saturated carbocycles. The fourth-order valence-corrected chi connectivity index (χ4v) is 2.40. The van der Waals surface area contributed by atoms with Crippen LogP contribution in [0.1, 0.15) is 12.0 Å². The van der Waals surface area contributed by atoms with Crippen molar-refractivity contribution in [3.05, 3.63) is 34.4 Å². The van der Waals surface area contributed by atoms with Gasteiger partial charge in [0.2, 0.25) is 5.82 Å². The zero-order chi connectivity index (χ0) is 13.2. The summed E-state index contributed by atoms with van der Waals surface area (Å²) in [4.78, 5) is 4.30. The number of nitrogens with zero attached hydrogens (tertiary/aromatic N) is 2. The van der Waals surface area contributed by atoms with E-state index < -0.39 is 0 Å². The average Bonchev–Trinajstić information content (AvgIpc) is 2.89. The molecule has 3 rings (SSSR count). The van der Waals surface area contributed by atoms with Crippen LogP contribution in [0.5, 0.6) is 0 Å². The van der Waals surface area contributed by atoms with Crippen LogP contribution < -0.4 is 5.32 Å². The van der Waals surface area contributed by atoms with Crippen molar-refractivity contribution in [2.75, 3.05) is 19.7 Å². The Labute approximate surface area is 117 Å². The van der Waals surface area contributed by atoms with E-state index in [-0.39, 0.29) is 11.9 Å². The molecule has 7 heteroatoms. The summed E-state index contributed by atoms with van der Waals surface area (Å²) in [5.74, 6) is 0.522. The Balaban J connectivity index is 1.87. The van der Waals surface area contributed by atoms with Crippen LogP contribution in [0.2, 0.25) is 0 Å². The Morgan fingerprint density at radius 3 is 3.05 bits per heavy atom. The standard InChI is InChI=1S/C12H11BrFN3O2/c13-9-5-7(14)1-2-8(9)11-16-12(19-17-11)10-6-15-3-4-18-10/h1-2,5,10,15H,3-4,6H2. The minimum atomic E-state index is -0.320. The van der Waals surface area contributed by atoms with Gasteiger partial charge in [0.1, 0.15) is 11.9 Å². The second kappa shape index (κ2) is 5.36. The SMILES string of the molecule is Fc1ccc(-c2noc(C3CNCCO3)n2)c(Br)c1. The minimum Gasteiger partial charge on any atom is -0.366 e. The fourth-order valence-electron chi connectivity index (χ4n) is 1.87. The van der Waals surface area contributed by atoms with Crippen molar-refractivity contribution >= 4 is 15.9 Å². The maximum Gasteiger partial charge on any atom is 0.257 e. The molecule has 1 unspecified atom stereocenters. The third-order valence-electron chi connectivity index (χ3n) is 2.82. The van der Waals surface area contributed by atoms with Crippen LogP contribution in [-0.2, 0) is 4.74 Å². The highest BCUT2D eigenvalue weighted by atomic mass is 79.9. The van der Waals surface area contributed by atoms with E-state index in [2.05, 4.69) is 31.4 Å². The van der Waals surface area contributed by atoms with E-state index in [0.29, 0.717) is 34.9 Å². The highest BCUT2D eigenvalue weighted by molar-refractivity contribution is 9.10. The van der Waals surface area contributed by atoms with Crippen molar-refractivity contribution in [3.63, 3.8) is 0 Å². The number of rotatable bonds is 2. The van der Waals surface area contributed by atoms with Gasteiger partial charge in [-0.05, 0) is 34.1 Å². The molecule has 19 heavy (non-hydrogen) atoms. The van der Waals surface area contributed by atoms with Crippen molar-refractivity contribution in [1.29, 1.82) is 0 Å². The lowest BCUT2D eigenvalue weighted by atomic mass is 10.2. The molecular formula is C12H11BrFN3O2. The quantitative estimate of drug-likeness (QED) is 0.917. The molecule has 0 aliphatic carbocycles. The van der Waals surface area contributed by atoms with Gasteiger partial charge in [0, 0.05) is 23.1 Å². The lowest BCUT2D eigenvalue weighted by Gasteiger charge is -2.19. The third kappa shape index (κ3) is 2.68. The van der Waals surface area contributed by atoms with Gasteiger partial charge in [-0.1, -0.05) is 5.16 Å². The topological polar surface area (TPSA) is 60.2 Å². The summed E-state index contributed by atoms with van der Waals surface area (Å²) in [5, 5.41) is 7.10. The highest BCUT2D eigenvalue weighted by Crippen LogP contribution is 2.28. The van der Waals surface area contributed by atoms with E-state index >= 15 is 0 Å². The second-order valence-electron chi connectivity index (χ2n) is 4.14. The predicted molar refractivity (Wildman–Crippen MR) is 69.0 cm³/mol. The number of morpholine rings is 1. The van der Waals surface area contributed by atoms with Crippen LogP contribution in [0, 0.1) is 5.82 Å². The van der Waals surface area contributed by atoms with Gasteiger partial charge < -0.3 is 14.6 Å². The monoisotopic (exact) mass is 327 g/mol. The average molecular weight is 328 g/mol. The largest absolute Gasteiger partial charge is 0.366 e. The zero-order valence-corrected chi connectivity index (χ0v) is 11.5. The summed E-state index contributed by atoms with van der Waals surface area (Å²) in [5.41, 5.74) is 0.681. The maximum atomic E-state index is 13.0. The summed E-state index contributed by atoms with van der Waals surface area (Å²) >= 11 is 3.28. The van der Waals surface area contributed by atoms with Crippen molar-refractivity contribution in [2.45, 2.75) is 6.10 Å². The number of ether oxygens (including phenoxy) is 1. The lowest BCUT2D eigenvalue weighted by Crippen LogP contribution is -2.33. The Hall–Kier alpha value is -1.31. The van der Waals surface area contributed by atoms with E-state index in [0.717, 1.165) is 6.54 Å². The molecular weight excluding hydrogens is 317 g/mol. The van der Waals surface area contributed by atoms with Gasteiger partial charge in [-0.25, -0.2) is 4.39 Å². The maximum absolute atomic E-state index is 13.0. The highest BCUT2D eigenvalue weighted by Gasteiger charge is 2.23. The number of aromatic nitrogens is 2. The number of hydrogen-bond donors (Lipinski definition) is 1. The molecule has 1 aliphatic rings. The van der Waals surface area contributed by atoms with Crippen molar-refractivity contribution in [2.24, 2.45) is 0 Å². The normalized spacial score (nSPS) is 19.6. The molecule has 1 aliphatic heterocycles. The smallest absolute Gasteiger partial charge is 0.257 e. The van der Waals surface area contributed by atoms with Gasteiger partial charge in [0.05, 0.1) is 6.61 Å². The molecule has 1 fully saturated rings. The third-order valence-corrected chi connectivity index (χ3v) is 3.47. The Morgan fingerprint density at radius 1 is 1.42 bits per heavy atom. The van der Waals surface area contributed by atoms with Gasteiger partial charge in [-0.15, -0.1) is 0 Å². The molecule has 0 spiro atoms. The summed E-state index contributed by atoms with van der Waals surface area (Å²) in [6, 6.07) is 4.33. The van der Waals surface area contributed by atoms with Crippen LogP contribution in [0.25, 0.3) is 11.4 Å². The first-order valence-electron chi connectivity index (χ1n) is 5.85. The summed E-state index contributed by atoms with van der Waals surface area (Å²) in [7, 11) is 0. The molecule has 2 aromatic rings.